The molecule has 1 N–H and O–H groups in total. The summed E-state index contributed by atoms with van der Waals surface area (Å²) in [6, 6.07) is 7.24. The molecule has 27 heavy (non-hydrogen) atoms. The van der Waals surface area contributed by atoms with Crippen LogP contribution in [-0.4, -0.2) is 65.6 Å². The number of aromatic nitrogens is 1. The highest BCUT2D eigenvalue weighted by atomic mass is 16.5. The number of amides is 1. The van der Waals surface area contributed by atoms with Gasteiger partial charge in [-0.3, -0.25) is 9.69 Å². The van der Waals surface area contributed by atoms with Gasteiger partial charge in [0.1, 0.15) is 0 Å². The van der Waals surface area contributed by atoms with Crippen LogP contribution in [-0.2, 0) is 16.0 Å². The Kier molecular flexibility index (Phi) is 4.10. The van der Waals surface area contributed by atoms with E-state index in [4.69, 9.17) is 4.74 Å². The van der Waals surface area contributed by atoms with Crippen LogP contribution in [0.4, 0.5) is 0 Å². The van der Waals surface area contributed by atoms with Crippen molar-refractivity contribution in [2.75, 3.05) is 32.8 Å². The average Bonchev–Trinajstić information content (AvgIpc) is 3.06. The van der Waals surface area contributed by atoms with Crippen molar-refractivity contribution in [2.45, 2.75) is 32.4 Å². The highest BCUT2D eigenvalue weighted by Crippen LogP contribution is 2.42. The molecule has 1 aromatic carbocycles. The number of ether oxygens (including phenoxy) is 1. The standard InChI is InChI=1S/C22H27N3O2/c1-3-24(4-2)22(26)15-8-18-17-6-5-7-19-21(17)14(10-23-19)9-20(18)25(11-15)16-12-27-13-16/h5-8,10,15-16,20,23H,3-4,9,11-13H2,1-2H3/t15-,20-/m1/s1. The van der Waals surface area contributed by atoms with Crippen molar-refractivity contribution in [3.8, 4) is 0 Å². The van der Waals surface area contributed by atoms with Crippen LogP contribution < -0.4 is 0 Å². The number of fused-ring (bicyclic) bond motifs is 2. The molecular formula is C22H27N3O2. The third kappa shape index (κ3) is 2.56. The number of benzene rings is 1. The number of rotatable bonds is 4. The molecule has 2 atom stereocenters. The average molecular weight is 365 g/mol. The van der Waals surface area contributed by atoms with Crippen LogP contribution in [0.15, 0.2) is 30.5 Å². The lowest BCUT2D eigenvalue weighted by molar-refractivity contribution is -0.136. The van der Waals surface area contributed by atoms with Crippen LogP contribution in [0.1, 0.15) is 25.0 Å². The van der Waals surface area contributed by atoms with Gasteiger partial charge in [0, 0.05) is 42.8 Å². The zero-order chi connectivity index (χ0) is 18.5. The van der Waals surface area contributed by atoms with Gasteiger partial charge < -0.3 is 14.6 Å². The summed E-state index contributed by atoms with van der Waals surface area (Å²) >= 11 is 0. The number of nitrogens with zero attached hydrogens (tertiary/aromatic N) is 2. The maximum Gasteiger partial charge on any atom is 0.230 e. The zero-order valence-corrected chi connectivity index (χ0v) is 16.1. The monoisotopic (exact) mass is 365 g/mol. The van der Waals surface area contributed by atoms with E-state index in [1.165, 1.54) is 27.6 Å². The molecule has 0 radical (unpaired) electrons. The SMILES string of the molecule is CCN(CC)C(=O)[C@@H]1C=C2c3cccc4[nH]cc(c34)C[C@H]2N(C2COC2)C1. The fourth-order valence-corrected chi connectivity index (χ4v) is 5.01. The lowest BCUT2D eigenvalue weighted by Gasteiger charge is -2.48. The Bertz CT molecular complexity index is 907. The Hall–Kier alpha value is -2.11. The Morgan fingerprint density at radius 3 is 2.81 bits per heavy atom. The van der Waals surface area contributed by atoms with Crippen molar-refractivity contribution in [1.82, 2.24) is 14.8 Å². The summed E-state index contributed by atoms with van der Waals surface area (Å²) in [6.07, 6.45) is 5.44. The molecule has 142 valence electrons. The van der Waals surface area contributed by atoms with Crippen molar-refractivity contribution in [3.05, 3.63) is 41.6 Å². The Balaban J connectivity index is 1.61. The largest absolute Gasteiger partial charge is 0.378 e. The predicted molar refractivity (Wildman–Crippen MR) is 106 cm³/mol. The van der Waals surface area contributed by atoms with Crippen LogP contribution >= 0.6 is 0 Å². The number of H-pyrrole nitrogens is 1. The fourth-order valence-electron chi connectivity index (χ4n) is 5.01. The summed E-state index contributed by atoms with van der Waals surface area (Å²) in [6.45, 7) is 8.01. The van der Waals surface area contributed by atoms with E-state index in [-0.39, 0.29) is 11.8 Å². The highest BCUT2D eigenvalue weighted by Gasteiger charge is 2.42. The summed E-state index contributed by atoms with van der Waals surface area (Å²) in [7, 11) is 0. The number of nitrogens with one attached hydrogen (secondary N) is 1. The molecular weight excluding hydrogens is 338 g/mol. The predicted octanol–water partition coefficient (Wildman–Crippen LogP) is 2.68. The highest BCUT2D eigenvalue weighted by molar-refractivity contribution is 5.99. The van der Waals surface area contributed by atoms with Gasteiger partial charge in [-0.1, -0.05) is 18.2 Å². The van der Waals surface area contributed by atoms with Crippen LogP contribution in [0.2, 0.25) is 0 Å². The van der Waals surface area contributed by atoms with Gasteiger partial charge in [-0.05, 0) is 43.0 Å². The van der Waals surface area contributed by atoms with Gasteiger partial charge in [0.25, 0.3) is 0 Å². The van der Waals surface area contributed by atoms with Gasteiger partial charge in [-0.2, -0.15) is 0 Å². The normalized spacial score (nSPS) is 25.0. The van der Waals surface area contributed by atoms with Crippen LogP contribution in [0.5, 0.6) is 0 Å². The molecule has 0 spiro atoms. The van der Waals surface area contributed by atoms with E-state index in [9.17, 15) is 4.79 Å². The van der Waals surface area contributed by atoms with Crippen LogP contribution in [0, 0.1) is 5.92 Å². The van der Waals surface area contributed by atoms with Crippen molar-refractivity contribution in [3.63, 3.8) is 0 Å². The van der Waals surface area contributed by atoms with Crippen molar-refractivity contribution in [2.24, 2.45) is 5.92 Å². The van der Waals surface area contributed by atoms with Gasteiger partial charge in [-0.25, -0.2) is 0 Å². The third-order valence-corrected chi connectivity index (χ3v) is 6.54. The Labute approximate surface area is 160 Å². The molecule has 2 aliphatic heterocycles. The summed E-state index contributed by atoms with van der Waals surface area (Å²) in [5, 5.41) is 1.33. The topological polar surface area (TPSA) is 48.6 Å². The zero-order valence-electron chi connectivity index (χ0n) is 16.1. The summed E-state index contributed by atoms with van der Waals surface area (Å²) in [4.78, 5) is 21.1. The van der Waals surface area contributed by atoms with Gasteiger partial charge in [0.2, 0.25) is 5.91 Å². The first kappa shape index (κ1) is 17.0. The lowest BCUT2D eigenvalue weighted by atomic mass is 9.78. The molecule has 5 nitrogen and oxygen atoms in total. The first-order valence-electron chi connectivity index (χ1n) is 10.1. The quantitative estimate of drug-likeness (QED) is 0.906. The molecule has 1 saturated heterocycles. The van der Waals surface area contributed by atoms with Crippen LogP contribution in [0.25, 0.3) is 16.5 Å². The molecule has 1 aliphatic carbocycles. The number of aromatic amines is 1. The Morgan fingerprint density at radius 2 is 2.11 bits per heavy atom. The third-order valence-electron chi connectivity index (χ3n) is 6.54. The van der Waals surface area contributed by atoms with E-state index in [1.807, 2.05) is 4.90 Å². The molecule has 0 unspecified atom stereocenters. The van der Waals surface area contributed by atoms with Gasteiger partial charge in [0.15, 0.2) is 0 Å². The minimum Gasteiger partial charge on any atom is -0.378 e. The van der Waals surface area contributed by atoms with E-state index >= 15 is 0 Å². The van der Waals surface area contributed by atoms with E-state index in [2.05, 4.69) is 54.2 Å². The number of hydrogen-bond acceptors (Lipinski definition) is 3. The fraction of sp³-hybridized carbons (Fsp3) is 0.500. The van der Waals surface area contributed by atoms with E-state index in [0.717, 1.165) is 39.3 Å². The molecule has 2 aromatic rings. The second-order valence-corrected chi connectivity index (χ2v) is 7.89. The summed E-state index contributed by atoms with van der Waals surface area (Å²) in [5.74, 6) is 0.177. The molecule has 3 heterocycles. The van der Waals surface area contributed by atoms with Gasteiger partial charge >= 0.3 is 0 Å². The molecule has 0 saturated carbocycles. The summed E-state index contributed by atoms with van der Waals surface area (Å²) in [5.41, 5.74) is 5.21. The molecule has 5 rings (SSSR count). The second-order valence-electron chi connectivity index (χ2n) is 7.89. The maximum absolute atomic E-state index is 13.2. The molecule has 1 aromatic heterocycles. The second kappa shape index (κ2) is 6.50. The van der Waals surface area contributed by atoms with Crippen molar-refractivity contribution in [1.29, 1.82) is 0 Å². The van der Waals surface area contributed by atoms with E-state index in [0.29, 0.717) is 12.1 Å². The Morgan fingerprint density at radius 1 is 1.30 bits per heavy atom. The number of carbonyl (C=O) groups is 1. The first-order valence-corrected chi connectivity index (χ1v) is 10.1. The molecule has 0 bridgehead atoms. The maximum atomic E-state index is 13.2. The van der Waals surface area contributed by atoms with Crippen molar-refractivity contribution < 1.29 is 9.53 Å². The molecule has 1 fully saturated rings. The number of hydrogen-bond donors (Lipinski definition) is 1. The van der Waals surface area contributed by atoms with Gasteiger partial charge in [0.05, 0.1) is 25.2 Å². The molecule has 1 amide bonds. The van der Waals surface area contributed by atoms with Crippen LogP contribution in [0.3, 0.4) is 0 Å². The first-order chi connectivity index (χ1) is 13.2. The lowest BCUT2D eigenvalue weighted by Crippen LogP contribution is -2.58. The van der Waals surface area contributed by atoms with E-state index in [1.54, 1.807) is 0 Å². The van der Waals surface area contributed by atoms with Gasteiger partial charge in [-0.15, -0.1) is 0 Å². The minimum absolute atomic E-state index is 0.0764. The minimum atomic E-state index is -0.0764. The smallest absolute Gasteiger partial charge is 0.230 e. The molecule has 3 aliphatic rings. The van der Waals surface area contributed by atoms with Crippen molar-refractivity contribution >= 4 is 22.4 Å². The summed E-state index contributed by atoms with van der Waals surface area (Å²) < 4.78 is 5.50. The molecule has 5 heteroatoms. The number of carbonyl (C=O) groups excluding carboxylic acids is 1. The van der Waals surface area contributed by atoms with E-state index < -0.39 is 0 Å².